The zero-order valence-electron chi connectivity index (χ0n) is 15.1. The Morgan fingerprint density at radius 1 is 0.964 bits per heavy atom. The van der Waals surface area contributed by atoms with Gasteiger partial charge in [-0.3, -0.25) is 4.79 Å². The van der Waals surface area contributed by atoms with Gasteiger partial charge in [0, 0.05) is 6.07 Å². The summed E-state index contributed by atoms with van der Waals surface area (Å²) in [5.74, 6) is 1.78. The fraction of sp³-hybridized carbons (Fsp3) is 0.0870. The second-order valence-corrected chi connectivity index (χ2v) is 7.14. The molecule has 0 fully saturated rings. The molecule has 0 spiro atoms. The molecule has 28 heavy (non-hydrogen) atoms. The van der Waals surface area contributed by atoms with Gasteiger partial charge in [-0.15, -0.1) is 0 Å². The summed E-state index contributed by atoms with van der Waals surface area (Å²) >= 11 is 3.42. The third-order valence-electron chi connectivity index (χ3n) is 4.28. The maximum absolute atomic E-state index is 12.9. The Morgan fingerprint density at radius 2 is 1.71 bits per heavy atom. The minimum absolute atomic E-state index is 0.178. The minimum Gasteiger partial charge on any atom is -0.489 e. The summed E-state index contributed by atoms with van der Waals surface area (Å²) < 4.78 is 18.3. The van der Waals surface area contributed by atoms with Gasteiger partial charge in [-0.1, -0.05) is 42.5 Å². The van der Waals surface area contributed by atoms with Gasteiger partial charge < -0.3 is 13.9 Å². The standard InChI is InChI=1S/C23H17BrO4/c1-15-23(28-20-10-6-5-9-19(20)24)22(25)18-12-11-17(13-21(18)27-15)26-14-16-7-3-2-4-8-16/h2-13H,14H2,1H3. The molecule has 140 valence electrons. The number of para-hydroxylation sites is 1. The Kier molecular flexibility index (Phi) is 5.17. The van der Waals surface area contributed by atoms with E-state index < -0.39 is 0 Å². The lowest BCUT2D eigenvalue weighted by Gasteiger charge is -2.11. The summed E-state index contributed by atoms with van der Waals surface area (Å²) in [5, 5.41) is 0.444. The van der Waals surface area contributed by atoms with E-state index in [0.29, 0.717) is 34.8 Å². The molecule has 4 rings (SSSR count). The summed E-state index contributed by atoms with van der Waals surface area (Å²) in [6.07, 6.45) is 0. The van der Waals surface area contributed by atoms with E-state index >= 15 is 0 Å². The summed E-state index contributed by atoms with van der Waals surface area (Å²) in [4.78, 5) is 12.9. The zero-order valence-corrected chi connectivity index (χ0v) is 16.7. The van der Waals surface area contributed by atoms with Crippen molar-refractivity contribution in [3.8, 4) is 17.2 Å². The van der Waals surface area contributed by atoms with Gasteiger partial charge in [-0.2, -0.15) is 0 Å². The van der Waals surface area contributed by atoms with E-state index in [9.17, 15) is 4.79 Å². The van der Waals surface area contributed by atoms with Gasteiger partial charge in [0.1, 0.15) is 29.4 Å². The number of fused-ring (bicyclic) bond motifs is 1. The highest BCUT2D eigenvalue weighted by atomic mass is 79.9. The van der Waals surface area contributed by atoms with Crippen LogP contribution in [0.25, 0.3) is 11.0 Å². The number of halogens is 1. The normalized spacial score (nSPS) is 10.8. The van der Waals surface area contributed by atoms with Crippen LogP contribution in [0.4, 0.5) is 0 Å². The fourth-order valence-electron chi connectivity index (χ4n) is 2.85. The Morgan fingerprint density at radius 3 is 2.50 bits per heavy atom. The monoisotopic (exact) mass is 436 g/mol. The van der Waals surface area contributed by atoms with Gasteiger partial charge in [0.2, 0.25) is 11.2 Å². The summed E-state index contributed by atoms with van der Waals surface area (Å²) in [6.45, 7) is 2.16. The summed E-state index contributed by atoms with van der Waals surface area (Å²) in [5.41, 5.74) is 1.31. The highest BCUT2D eigenvalue weighted by Crippen LogP contribution is 2.31. The van der Waals surface area contributed by atoms with Crippen LogP contribution in [0, 0.1) is 6.92 Å². The molecule has 5 heteroatoms. The Balaban J connectivity index is 1.64. The van der Waals surface area contributed by atoms with Gasteiger partial charge in [0.05, 0.1) is 9.86 Å². The molecular weight excluding hydrogens is 420 g/mol. The smallest absolute Gasteiger partial charge is 0.235 e. The Hall–Kier alpha value is -3.05. The topological polar surface area (TPSA) is 48.7 Å². The highest BCUT2D eigenvalue weighted by molar-refractivity contribution is 9.10. The first kappa shape index (κ1) is 18.3. The van der Waals surface area contributed by atoms with Crippen molar-refractivity contribution in [3.05, 3.63) is 98.8 Å². The van der Waals surface area contributed by atoms with E-state index in [4.69, 9.17) is 13.9 Å². The van der Waals surface area contributed by atoms with E-state index in [2.05, 4.69) is 15.9 Å². The molecule has 0 bridgehead atoms. The van der Waals surface area contributed by atoms with Gasteiger partial charge >= 0.3 is 0 Å². The number of aryl methyl sites for hydroxylation is 1. The highest BCUT2D eigenvalue weighted by Gasteiger charge is 2.15. The predicted molar refractivity (Wildman–Crippen MR) is 112 cm³/mol. The van der Waals surface area contributed by atoms with Crippen LogP contribution in [-0.4, -0.2) is 0 Å². The Bertz CT molecular complexity index is 1180. The average Bonchev–Trinajstić information content (AvgIpc) is 2.71. The van der Waals surface area contributed by atoms with Crippen LogP contribution >= 0.6 is 15.9 Å². The molecule has 4 nitrogen and oxygen atoms in total. The molecule has 0 saturated carbocycles. The lowest BCUT2D eigenvalue weighted by atomic mass is 10.2. The number of hydrogen-bond donors (Lipinski definition) is 0. The Labute approximate surface area is 170 Å². The van der Waals surface area contributed by atoms with Gasteiger partial charge in [-0.05, 0) is 52.7 Å². The first-order chi connectivity index (χ1) is 13.6. The second-order valence-electron chi connectivity index (χ2n) is 6.28. The molecule has 3 aromatic carbocycles. The number of benzene rings is 3. The summed E-state index contributed by atoms with van der Waals surface area (Å²) in [6, 6.07) is 22.4. The van der Waals surface area contributed by atoms with Crippen LogP contribution in [0.5, 0.6) is 17.2 Å². The molecule has 0 unspecified atom stereocenters. The van der Waals surface area contributed by atoms with Crippen LogP contribution in [0.1, 0.15) is 11.3 Å². The molecule has 1 aromatic heterocycles. The van der Waals surface area contributed by atoms with E-state index in [1.54, 1.807) is 31.2 Å². The number of hydrogen-bond acceptors (Lipinski definition) is 4. The molecule has 0 saturated heterocycles. The van der Waals surface area contributed by atoms with Crippen molar-refractivity contribution in [2.75, 3.05) is 0 Å². The van der Waals surface area contributed by atoms with Crippen molar-refractivity contribution in [2.45, 2.75) is 13.5 Å². The third-order valence-corrected chi connectivity index (χ3v) is 4.94. The quantitative estimate of drug-likeness (QED) is 0.371. The molecule has 4 aromatic rings. The lowest BCUT2D eigenvalue weighted by Crippen LogP contribution is -2.07. The number of ether oxygens (including phenoxy) is 2. The minimum atomic E-state index is -0.218. The first-order valence-electron chi connectivity index (χ1n) is 8.78. The fourth-order valence-corrected chi connectivity index (χ4v) is 3.22. The van der Waals surface area contributed by atoms with Crippen molar-refractivity contribution in [3.63, 3.8) is 0 Å². The molecule has 0 atom stereocenters. The van der Waals surface area contributed by atoms with Crippen LogP contribution < -0.4 is 14.9 Å². The lowest BCUT2D eigenvalue weighted by molar-refractivity contribution is 0.306. The van der Waals surface area contributed by atoms with Crippen molar-refractivity contribution in [1.82, 2.24) is 0 Å². The first-order valence-corrected chi connectivity index (χ1v) is 9.58. The molecule has 0 radical (unpaired) electrons. The van der Waals surface area contributed by atoms with E-state index in [1.165, 1.54) is 0 Å². The predicted octanol–water partition coefficient (Wildman–Crippen LogP) is 6.24. The largest absolute Gasteiger partial charge is 0.489 e. The molecule has 0 amide bonds. The maximum atomic E-state index is 12.9. The van der Waals surface area contributed by atoms with Crippen molar-refractivity contribution >= 4 is 26.9 Å². The molecule has 0 aliphatic carbocycles. The number of rotatable bonds is 5. The van der Waals surface area contributed by atoms with Crippen molar-refractivity contribution < 1.29 is 13.9 Å². The third kappa shape index (κ3) is 3.80. The van der Waals surface area contributed by atoms with Gasteiger partial charge in [-0.25, -0.2) is 0 Å². The summed E-state index contributed by atoms with van der Waals surface area (Å²) in [7, 11) is 0. The molecular formula is C23H17BrO4. The average molecular weight is 437 g/mol. The van der Waals surface area contributed by atoms with E-state index in [1.807, 2.05) is 48.5 Å². The van der Waals surface area contributed by atoms with Gasteiger partial charge in [0.15, 0.2) is 0 Å². The maximum Gasteiger partial charge on any atom is 0.235 e. The van der Waals surface area contributed by atoms with Gasteiger partial charge in [0.25, 0.3) is 0 Å². The van der Waals surface area contributed by atoms with Crippen molar-refractivity contribution in [2.24, 2.45) is 0 Å². The zero-order chi connectivity index (χ0) is 19.5. The van der Waals surface area contributed by atoms with Crippen molar-refractivity contribution in [1.29, 1.82) is 0 Å². The van der Waals surface area contributed by atoms with E-state index in [-0.39, 0.29) is 11.2 Å². The van der Waals surface area contributed by atoms with Crippen LogP contribution in [0.15, 0.2) is 86.5 Å². The molecule has 0 aliphatic rings. The van der Waals surface area contributed by atoms with Crippen LogP contribution in [-0.2, 0) is 6.61 Å². The SMILES string of the molecule is Cc1oc2cc(OCc3ccccc3)ccc2c(=O)c1Oc1ccccc1Br. The van der Waals surface area contributed by atoms with Crippen LogP contribution in [0.2, 0.25) is 0 Å². The second kappa shape index (κ2) is 7.90. The molecule has 1 heterocycles. The molecule has 0 N–H and O–H groups in total. The van der Waals surface area contributed by atoms with Crippen LogP contribution in [0.3, 0.4) is 0 Å². The molecule has 0 aliphatic heterocycles. The van der Waals surface area contributed by atoms with E-state index in [0.717, 1.165) is 10.0 Å².